The number of carbonyl (C=O) groups excluding carboxylic acids is 1. The summed E-state index contributed by atoms with van der Waals surface area (Å²) in [7, 11) is 0. The summed E-state index contributed by atoms with van der Waals surface area (Å²) < 4.78 is 51.5. The van der Waals surface area contributed by atoms with Crippen LogP contribution in [0.25, 0.3) is 11.0 Å². The van der Waals surface area contributed by atoms with E-state index >= 15 is 0 Å². The molecule has 1 spiro atoms. The minimum Gasteiger partial charge on any atom is -0.487 e. The zero-order valence-corrected chi connectivity index (χ0v) is 20.2. The van der Waals surface area contributed by atoms with Crippen molar-refractivity contribution in [3.05, 3.63) is 64.2 Å². The molecule has 37 heavy (non-hydrogen) atoms. The molecule has 1 amide bonds. The highest BCUT2D eigenvalue weighted by atomic mass is 19.4. The van der Waals surface area contributed by atoms with Crippen molar-refractivity contribution in [3.8, 4) is 5.75 Å². The van der Waals surface area contributed by atoms with E-state index in [1.165, 1.54) is 37.0 Å². The van der Waals surface area contributed by atoms with Crippen LogP contribution >= 0.6 is 0 Å². The monoisotopic (exact) mass is 512 g/mol. The quantitative estimate of drug-likeness (QED) is 0.296. The Hall–Kier alpha value is -3.49. The number of nitrogens with one attached hydrogen (secondary N) is 1. The predicted octanol–water partition coefficient (Wildman–Crippen LogP) is 7.03. The maximum atomic E-state index is 13.0. The molecule has 6 nitrogen and oxygen atoms in total. The van der Waals surface area contributed by atoms with Gasteiger partial charge in [-0.25, -0.2) is 4.79 Å². The van der Waals surface area contributed by atoms with Crippen LogP contribution in [0.2, 0.25) is 0 Å². The molecule has 194 valence electrons. The first kappa shape index (κ1) is 23.9. The molecule has 1 aromatic heterocycles. The van der Waals surface area contributed by atoms with Crippen molar-refractivity contribution >= 4 is 22.7 Å². The number of nitrogens with zero attached hydrogens (tertiary/aromatic N) is 1. The number of carbonyl (C=O) groups is 1. The number of amides is 1. The van der Waals surface area contributed by atoms with Crippen LogP contribution in [0.15, 0.2) is 46.0 Å². The maximum absolute atomic E-state index is 13.0. The molecule has 3 aromatic rings. The summed E-state index contributed by atoms with van der Waals surface area (Å²) in [6.45, 7) is 0. The largest absolute Gasteiger partial charge is 0.487 e. The maximum Gasteiger partial charge on any atom is 0.437 e. The minimum atomic E-state index is -4.52. The summed E-state index contributed by atoms with van der Waals surface area (Å²) in [5.74, 6) is 0.844. The zero-order chi connectivity index (χ0) is 25.6. The van der Waals surface area contributed by atoms with Crippen molar-refractivity contribution in [3.63, 3.8) is 0 Å². The summed E-state index contributed by atoms with van der Waals surface area (Å²) in [6, 6.07) is 8.41. The molecule has 3 aliphatic rings. The molecule has 0 atom stereocenters. The third kappa shape index (κ3) is 4.67. The van der Waals surface area contributed by atoms with Gasteiger partial charge >= 0.3 is 12.3 Å². The van der Waals surface area contributed by atoms with Gasteiger partial charge in [0.15, 0.2) is 0 Å². The van der Waals surface area contributed by atoms with Crippen molar-refractivity contribution < 1.29 is 32.0 Å². The van der Waals surface area contributed by atoms with Crippen LogP contribution in [0.5, 0.6) is 5.75 Å². The van der Waals surface area contributed by atoms with Gasteiger partial charge in [-0.1, -0.05) is 12.5 Å². The van der Waals surface area contributed by atoms with Gasteiger partial charge in [0, 0.05) is 22.7 Å². The van der Waals surface area contributed by atoms with E-state index in [4.69, 9.17) is 14.0 Å². The Balaban J connectivity index is 1.29. The van der Waals surface area contributed by atoms with E-state index in [1.54, 1.807) is 0 Å². The second-order valence-electron chi connectivity index (χ2n) is 10.2. The van der Waals surface area contributed by atoms with Crippen LogP contribution in [0.4, 0.5) is 23.7 Å². The number of alkyl halides is 3. The van der Waals surface area contributed by atoms with E-state index in [-0.39, 0.29) is 16.8 Å². The molecule has 6 rings (SSSR count). The number of hydrogen-bond donors (Lipinski definition) is 1. The highest BCUT2D eigenvalue weighted by Gasteiger charge is 2.38. The van der Waals surface area contributed by atoms with Crippen LogP contribution in [0.1, 0.15) is 67.2 Å². The summed E-state index contributed by atoms with van der Waals surface area (Å²) in [4.78, 5) is 17.3. The Kier molecular flexibility index (Phi) is 5.88. The molecule has 2 heterocycles. The minimum absolute atomic E-state index is 0.0453. The van der Waals surface area contributed by atoms with Gasteiger partial charge in [0.2, 0.25) is 0 Å². The number of rotatable bonds is 2. The lowest BCUT2D eigenvalue weighted by Crippen LogP contribution is -2.41. The van der Waals surface area contributed by atoms with Gasteiger partial charge in [-0.2, -0.15) is 13.2 Å². The number of benzene rings is 2. The number of hydrogen-bond acceptors (Lipinski definition) is 5. The fourth-order valence-electron chi connectivity index (χ4n) is 5.92. The van der Waals surface area contributed by atoms with Crippen molar-refractivity contribution in [1.82, 2.24) is 0 Å². The number of fused-ring (bicyclic) bond motifs is 4. The highest BCUT2D eigenvalue weighted by Crippen LogP contribution is 2.43. The van der Waals surface area contributed by atoms with E-state index in [2.05, 4.69) is 16.5 Å². The molecule has 1 fully saturated rings. The average molecular weight is 513 g/mol. The number of halogens is 3. The number of anilines is 1. The normalized spacial score (nSPS) is 18.8. The highest BCUT2D eigenvalue weighted by molar-refractivity contribution is 5.85. The molecule has 0 saturated heterocycles. The zero-order valence-electron chi connectivity index (χ0n) is 20.2. The Morgan fingerprint density at radius 2 is 1.78 bits per heavy atom. The van der Waals surface area contributed by atoms with Crippen molar-refractivity contribution in [2.75, 3.05) is 5.32 Å². The predicted molar refractivity (Wildman–Crippen MR) is 130 cm³/mol. The third-order valence-corrected chi connectivity index (χ3v) is 7.76. The van der Waals surface area contributed by atoms with Crippen LogP contribution in [-0.2, 0) is 30.3 Å². The third-order valence-electron chi connectivity index (χ3n) is 7.76. The Morgan fingerprint density at radius 3 is 2.59 bits per heavy atom. The van der Waals surface area contributed by atoms with Crippen molar-refractivity contribution in [1.29, 1.82) is 0 Å². The standard InChI is InChI=1S/C28H27F3N2O4/c29-28(30,31)18-6-4-7-19(15-18)32-26(34)37-33-25-21-9-5-8-20(21)22-14-17-10-13-27(11-2-1-3-12-27)36-23(17)16-24(22)35-25/h4,6-7,14-16H,1-3,5,8-13H2,(H,32,34)/b33-25-. The van der Waals surface area contributed by atoms with Crippen LogP contribution < -0.4 is 15.6 Å². The molecule has 9 heteroatoms. The average Bonchev–Trinajstić information content (AvgIpc) is 3.37. The summed E-state index contributed by atoms with van der Waals surface area (Å²) >= 11 is 0. The molecule has 1 aliphatic heterocycles. The Morgan fingerprint density at radius 1 is 0.973 bits per heavy atom. The molecule has 2 aromatic carbocycles. The number of aryl methyl sites for hydroxylation is 2. The summed E-state index contributed by atoms with van der Waals surface area (Å²) in [5, 5.41) is 7.27. The van der Waals surface area contributed by atoms with Gasteiger partial charge in [0.25, 0.3) is 5.55 Å². The first-order valence-electron chi connectivity index (χ1n) is 12.8. The lowest BCUT2D eigenvalue weighted by Gasteiger charge is -2.41. The van der Waals surface area contributed by atoms with Crippen LogP contribution in [0.3, 0.4) is 0 Å². The number of ether oxygens (including phenoxy) is 1. The molecular formula is C28H27F3N2O4. The van der Waals surface area contributed by atoms with E-state index < -0.39 is 17.8 Å². The fraction of sp³-hybridized carbons (Fsp3) is 0.429. The summed E-state index contributed by atoms with van der Waals surface area (Å²) in [6.07, 6.45) is 4.79. The molecule has 0 bridgehead atoms. The first-order chi connectivity index (χ1) is 17.8. The Bertz CT molecular complexity index is 1440. The molecule has 1 N–H and O–H groups in total. The van der Waals surface area contributed by atoms with Gasteiger partial charge in [0.1, 0.15) is 16.9 Å². The Labute approximate surface area is 211 Å². The van der Waals surface area contributed by atoms with E-state index in [0.29, 0.717) is 5.58 Å². The smallest absolute Gasteiger partial charge is 0.437 e. The second-order valence-corrected chi connectivity index (χ2v) is 10.2. The lowest BCUT2D eigenvalue weighted by atomic mass is 9.79. The van der Waals surface area contributed by atoms with Gasteiger partial charge < -0.3 is 9.15 Å². The van der Waals surface area contributed by atoms with Gasteiger partial charge in [-0.05, 0) is 98.3 Å². The first-order valence-corrected chi connectivity index (χ1v) is 12.8. The topological polar surface area (TPSA) is 73.1 Å². The lowest BCUT2D eigenvalue weighted by molar-refractivity contribution is -0.137. The van der Waals surface area contributed by atoms with Crippen molar-refractivity contribution in [2.45, 2.75) is 76.0 Å². The second kappa shape index (κ2) is 9.11. The fourth-order valence-corrected chi connectivity index (χ4v) is 5.92. The van der Waals surface area contributed by atoms with E-state index in [0.717, 1.165) is 79.3 Å². The van der Waals surface area contributed by atoms with Gasteiger partial charge in [-0.15, -0.1) is 0 Å². The van der Waals surface area contributed by atoms with Crippen LogP contribution in [0, 0.1) is 0 Å². The molecular weight excluding hydrogens is 485 g/mol. The van der Waals surface area contributed by atoms with E-state index in [1.807, 2.05) is 6.07 Å². The summed E-state index contributed by atoms with van der Waals surface area (Å²) in [5.41, 5.74) is 3.02. The molecule has 0 radical (unpaired) electrons. The molecule has 0 unspecified atom stereocenters. The van der Waals surface area contributed by atoms with Crippen LogP contribution in [-0.4, -0.2) is 11.7 Å². The van der Waals surface area contributed by atoms with Gasteiger partial charge in [-0.3, -0.25) is 10.2 Å². The molecule has 2 aliphatic carbocycles. The van der Waals surface area contributed by atoms with E-state index in [9.17, 15) is 18.0 Å². The van der Waals surface area contributed by atoms with Crippen molar-refractivity contribution in [2.24, 2.45) is 5.16 Å². The molecule has 1 saturated carbocycles. The van der Waals surface area contributed by atoms with Gasteiger partial charge in [0.05, 0.1) is 5.56 Å². The SMILES string of the molecule is O=C(Nc1cccc(C(F)(F)F)c1)O/N=c1\oc2cc3c(cc2c2c1CCC2)CCC1(CCCCC1)O3.